The van der Waals surface area contributed by atoms with Crippen LogP contribution in [-0.2, 0) is 13.1 Å². The van der Waals surface area contributed by atoms with Gasteiger partial charge in [0.2, 0.25) is 0 Å². The number of hydrogen-bond acceptors (Lipinski definition) is 4. The highest BCUT2D eigenvalue weighted by molar-refractivity contribution is 9.11. The first-order valence-corrected chi connectivity index (χ1v) is 8.15. The predicted octanol–water partition coefficient (Wildman–Crippen LogP) is 3.55. The van der Waals surface area contributed by atoms with Crippen LogP contribution in [0.25, 0.3) is 0 Å². The number of rotatable bonds is 5. The maximum Gasteiger partial charge on any atom is 0.170 e. The highest BCUT2D eigenvalue weighted by Gasteiger charge is 2.08. The third-order valence-electron chi connectivity index (χ3n) is 3.26. The van der Waals surface area contributed by atoms with E-state index < -0.39 is 0 Å². The lowest BCUT2D eigenvalue weighted by Gasteiger charge is -2.18. The van der Waals surface area contributed by atoms with Crippen molar-refractivity contribution in [3.8, 4) is 0 Å². The normalized spacial score (nSPS) is 12.1. The van der Waals surface area contributed by atoms with E-state index in [1.807, 2.05) is 25.1 Å². The van der Waals surface area contributed by atoms with E-state index in [1.54, 1.807) is 11.3 Å². The third kappa shape index (κ3) is 4.30. The zero-order valence-electron chi connectivity index (χ0n) is 12.0. The van der Waals surface area contributed by atoms with E-state index in [1.165, 1.54) is 11.1 Å². The third-order valence-corrected chi connectivity index (χ3v) is 4.81. The van der Waals surface area contributed by atoms with Crippen LogP contribution in [0.1, 0.15) is 22.3 Å². The molecule has 112 valence electrons. The largest absolute Gasteiger partial charge is 0.409 e. The van der Waals surface area contributed by atoms with Gasteiger partial charge in [-0.05, 0) is 64.1 Å². The molecule has 1 aromatic carbocycles. The second kappa shape index (κ2) is 7.06. The molecule has 0 bridgehead atoms. The maximum atomic E-state index is 8.71. The molecule has 0 atom stereocenters. The summed E-state index contributed by atoms with van der Waals surface area (Å²) >= 11 is 5.19. The molecule has 0 aliphatic carbocycles. The van der Waals surface area contributed by atoms with E-state index in [9.17, 15) is 0 Å². The minimum absolute atomic E-state index is 0.140. The lowest BCUT2D eigenvalue weighted by atomic mass is 10.0. The Labute approximate surface area is 137 Å². The number of benzene rings is 1. The van der Waals surface area contributed by atoms with Crippen molar-refractivity contribution >= 4 is 33.1 Å². The fourth-order valence-electron chi connectivity index (χ4n) is 2.18. The summed E-state index contributed by atoms with van der Waals surface area (Å²) in [5.41, 5.74) is 10.0. The predicted molar refractivity (Wildman–Crippen MR) is 90.9 cm³/mol. The summed E-state index contributed by atoms with van der Waals surface area (Å²) in [6.45, 7) is 3.80. The van der Waals surface area contributed by atoms with Crippen molar-refractivity contribution in [2.45, 2.75) is 20.0 Å². The van der Waals surface area contributed by atoms with Gasteiger partial charge in [-0.1, -0.05) is 17.3 Å². The molecule has 1 aromatic heterocycles. The second-order valence-electron chi connectivity index (χ2n) is 5.06. The van der Waals surface area contributed by atoms with E-state index in [4.69, 9.17) is 10.9 Å². The molecule has 0 spiro atoms. The molecule has 2 aromatic rings. The zero-order chi connectivity index (χ0) is 15.4. The lowest BCUT2D eigenvalue weighted by Crippen LogP contribution is -2.18. The van der Waals surface area contributed by atoms with Crippen molar-refractivity contribution in [2.24, 2.45) is 10.9 Å². The number of halogens is 1. The average Bonchev–Trinajstić information content (AvgIpc) is 2.85. The molecule has 0 aliphatic heterocycles. The van der Waals surface area contributed by atoms with Crippen molar-refractivity contribution in [3.05, 3.63) is 55.7 Å². The van der Waals surface area contributed by atoms with Crippen LogP contribution in [0.3, 0.4) is 0 Å². The van der Waals surface area contributed by atoms with Crippen molar-refractivity contribution < 1.29 is 5.21 Å². The molecule has 0 fully saturated rings. The molecule has 0 radical (unpaired) electrons. The van der Waals surface area contributed by atoms with Gasteiger partial charge in [0.1, 0.15) is 0 Å². The van der Waals surface area contributed by atoms with Crippen LogP contribution >= 0.6 is 27.3 Å². The van der Waals surface area contributed by atoms with Gasteiger partial charge in [-0.2, -0.15) is 0 Å². The first-order valence-electron chi connectivity index (χ1n) is 6.48. The standard InChI is InChI=1S/C15H18BrN3OS/c1-10-5-12(15(17)18-20)3-4-13(10)8-19(2)7-11-6-14(16)21-9-11/h3-6,9,20H,7-8H2,1-2H3,(H2,17,18). The number of amidine groups is 1. The van der Waals surface area contributed by atoms with Crippen LogP contribution in [0, 0.1) is 6.92 Å². The highest BCUT2D eigenvalue weighted by Crippen LogP contribution is 2.22. The number of nitrogens with two attached hydrogens (primary N) is 1. The number of oxime groups is 1. The topological polar surface area (TPSA) is 61.9 Å². The van der Waals surface area contributed by atoms with Gasteiger partial charge < -0.3 is 10.9 Å². The Morgan fingerprint density at radius 2 is 2.14 bits per heavy atom. The van der Waals surface area contributed by atoms with Crippen molar-refractivity contribution in [1.29, 1.82) is 0 Å². The van der Waals surface area contributed by atoms with Crippen molar-refractivity contribution in [2.75, 3.05) is 7.05 Å². The Balaban J connectivity index is 2.05. The Hall–Kier alpha value is -1.37. The average molecular weight is 368 g/mol. The number of nitrogens with zero attached hydrogens (tertiary/aromatic N) is 2. The maximum absolute atomic E-state index is 8.71. The molecule has 0 unspecified atom stereocenters. The smallest absolute Gasteiger partial charge is 0.170 e. The first kappa shape index (κ1) is 16.0. The SMILES string of the molecule is Cc1cc(/C(N)=N/O)ccc1CN(C)Cc1csc(Br)c1. The monoisotopic (exact) mass is 367 g/mol. The summed E-state index contributed by atoms with van der Waals surface area (Å²) in [5, 5.41) is 13.9. The van der Waals surface area contributed by atoms with Crippen LogP contribution in [0.15, 0.2) is 38.6 Å². The summed E-state index contributed by atoms with van der Waals surface area (Å²) in [4.78, 5) is 2.26. The molecular weight excluding hydrogens is 350 g/mol. The molecule has 3 N–H and O–H groups in total. The molecule has 6 heteroatoms. The number of aryl methyl sites for hydroxylation is 1. The van der Waals surface area contributed by atoms with Crippen LogP contribution in [0.5, 0.6) is 0 Å². The van der Waals surface area contributed by atoms with Gasteiger partial charge >= 0.3 is 0 Å². The van der Waals surface area contributed by atoms with Gasteiger partial charge in [0.15, 0.2) is 5.84 Å². The summed E-state index contributed by atoms with van der Waals surface area (Å²) in [7, 11) is 2.10. The van der Waals surface area contributed by atoms with Gasteiger partial charge in [-0.25, -0.2) is 0 Å². The zero-order valence-corrected chi connectivity index (χ0v) is 14.4. The molecular formula is C15H18BrN3OS. The molecule has 21 heavy (non-hydrogen) atoms. The molecule has 0 saturated heterocycles. The van der Waals surface area contributed by atoms with Crippen LogP contribution in [-0.4, -0.2) is 23.0 Å². The van der Waals surface area contributed by atoms with Crippen molar-refractivity contribution in [1.82, 2.24) is 4.90 Å². The Bertz CT molecular complexity index is 654. The number of thiophene rings is 1. The van der Waals surface area contributed by atoms with Crippen LogP contribution < -0.4 is 5.73 Å². The van der Waals surface area contributed by atoms with Gasteiger partial charge in [0.25, 0.3) is 0 Å². The van der Waals surface area contributed by atoms with E-state index in [0.717, 1.165) is 28.0 Å². The molecule has 0 aliphatic rings. The minimum Gasteiger partial charge on any atom is -0.409 e. The lowest BCUT2D eigenvalue weighted by molar-refractivity contribution is 0.318. The fourth-order valence-corrected chi connectivity index (χ4v) is 3.38. The van der Waals surface area contributed by atoms with Gasteiger partial charge in [-0.3, -0.25) is 4.90 Å². The number of hydrogen-bond donors (Lipinski definition) is 2. The second-order valence-corrected chi connectivity index (χ2v) is 7.35. The molecule has 0 amide bonds. The van der Waals surface area contributed by atoms with E-state index in [0.29, 0.717) is 0 Å². The van der Waals surface area contributed by atoms with Crippen molar-refractivity contribution in [3.63, 3.8) is 0 Å². The molecule has 0 saturated carbocycles. The first-order chi connectivity index (χ1) is 9.99. The van der Waals surface area contributed by atoms with E-state index in [2.05, 4.69) is 44.5 Å². The minimum atomic E-state index is 0.140. The summed E-state index contributed by atoms with van der Waals surface area (Å²) in [6, 6.07) is 8.00. The Morgan fingerprint density at radius 3 is 2.71 bits per heavy atom. The summed E-state index contributed by atoms with van der Waals surface area (Å²) in [5.74, 6) is 0.140. The molecule has 1 heterocycles. The van der Waals surface area contributed by atoms with E-state index in [-0.39, 0.29) is 5.84 Å². The quantitative estimate of drug-likeness (QED) is 0.367. The Kier molecular flexibility index (Phi) is 5.39. The van der Waals surface area contributed by atoms with Gasteiger partial charge in [0.05, 0.1) is 3.79 Å². The molecule has 2 rings (SSSR count). The van der Waals surface area contributed by atoms with Gasteiger partial charge in [0, 0.05) is 18.7 Å². The van der Waals surface area contributed by atoms with Crippen LogP contribution in [0.2, 0.25) is 0 Å². The fraction of sp³-hybridized carbons (Fsp3) is 0.267. The Morgan fingerprint density at radius 1 is 1.38 bits per heavy atom. The van der Waals surface area contributed by atoms with E-state index >= 15 is 0 Å². The molecule has 4 nitrogen and oxygen atoms in total. The van der Waals surface area contributed by atoms with Gasteiger partial charge in [-0.15, -0.1) is 11.3 Å². The highest BCUT2D eigenvalue weighted by atomic mass is 79.9. The summed E-state index contributed by atoms with van der Waals surface area (Å²) in [6.07, 6.45) is 0. The summed E-state index contributed by atoms with van der Waals surface area (Å²) < 4.78 is 1.16. The van der Waals surface area contributed by atoms with Crippen LogP contribution in [0.4, 0.5) is 0 Å².